The summed E-state index contributed by atoms with van der Waals surface area (Å²) in [6, 6.07) is 8.34. The van der Waals surface area contributed by atoms with Gasteiger partial charge < -0.3 is 15.0 Å². The Labute approximate surface area is 173 Å². The predicted molar refractivity (Wildman–Crippen MR) is 111 cm³/mol. The first-order valence-electron chi connectivity index (χ1n) is 11.0. The molecule has 0 bridgehead atoms. The number of morpholine rings is 1. The Bertz CT molecular complexity index is 726. The number of carbonyl (C=O) groups is 2. The quantitative estimate of drug-likeness (QED) is 0.726. The van der Waals surface area contributed by atoms with E-state index in [2.05, 4.69) is 28.4 Å². The fourth-order valence-corrected chi connectivity index (χ4v) is 4.44. The van der Waals surface area contributed by atoms with Crippen LogP contribution < -0.4 is 5.32 Å². The van der Waals surface area contributed by atoms with E-state index in [0.29, 0.717) is 25.8 Å². The van der Waals surface area contributed by atoms with Gasteiger partial charge in [0, 0.05) is 57.5 Å². The van der Waals surface area contributed by atoms with E-state index in [4.69, 9.17) is 4.74 Å². The number of nitrogens with one attached hydrogen (secondary N) is 1. The van der Waals surface area contributed by atoms with Crippen molar-refractivity contribution in [3.05, 3.63) is 35.4 Å². The lowest BCUT2D eigenvalue weighted by atomic mass is 9.99. The van der Waals surface area contributed by atoms with Gasteiger partial charge in [-0.3, -0.25) is 14.5 Å². The standard InChI is InChI=1S/C23H33N3O3/c27-21(24-17-23(9-10-23)18-25-12-14-29-15-13-25)6-3-7-22(28)26-11-8-19-4-1-2-5-20(19)16-26/h1-2,4-5H,3,6-18H2,(H,24,27). The molecule has 3 aliphatic rings. The van der Waals surface area contributed by atoms with Gasteiger partial charge in [-0.1, -0.05) is 24.3 Å². The predicted octanol–water partition coefficient (Wildman–Crippen LogP) is 1.97. The van der Waals surface area contributed by atoms with Crippen molar-refractivity contribution in [2.24, 2.45) is 5.41 Å². The third-order valence-electron chi connectivity index (χ3n) is 6.56. The fraction of sp³-hybridized carbons (Fsp3) is 0.652. The Kier molecular flexibility index (Phi) is 6.50. The van der Waals surface area contributed by atoms with Gasteiger partial charge in [-0.2, -0.15) is 0 Å². The van der Waals surface area contributed by atoms with Crippen LogP contribution in [-0.2, 0) is 27.3 Å². The van der Waals surface area contributed by atoms with Crippen molar-refractivity contribution in [1.29, 1.82) is 0 Å². The van der Waals surface area contributed by atoms with Crippen molar-refractivity contribution in [3.8, 4) is 0 Å². The number of fused-ring (bicyclic) bond motifs is 1. The van der Waals surface area contributed by atoms with E-state index in [0.717, 1.165) is 52.4 Å². The van der Waals surface area contributed by atoms with Crippen LogP contribution in [0.1, 0.15) is 43.2 Å². The molecule has 0 aromatic heterocycles. The van der Waals surface area contributed by atoms with E-state index in [1.165, 1.54) is 24.0 Å². The van der Waals surface area contributed by atoms with Crippen molar-refractivity contribution in [2.75, 3.05) is 45.9 Å². The number of hydrogen-bond donors (Lipinski definition) is 1. The van der Waals surface area contributed by atoms with Gasteiger partial charge in [0.05, 0.1) is 13.2 Å². The molecule has 0 atom stereocenters. The fourth-order valence-electron chi connectivity index (χ4n) is 4.44. The molecule has 2 fully saturated rings. The molecule has 29 heavy (non-hydrogen) atoms. The molecule has 6 nitrogen and oxygen atoms in total. The minimum Gasteiger partial charge on any atom is -0.379 e. The summed E-state index contributed by atoms with van der Waals surface area (Å²) in [5.41, 5.74) is 2.87. The lowest BCUT2D eigenvalue weighted by Crippen LogP contribution is -2.43. The average molecular weight is 400 g/mol. The summed E-state index contributed by atoms with van der Waals surface area (Å²) in [6.07, 6.45) is 4.82. The molecule has 1 saturated heterocycles. The summed E-state index contributed by atoms with van der Waals surface area (Å²) in [7, 11) is 0. The van der Waals surface area contributed by atoms with Crippen LogP contribution in [0.5, 0.6) is 0 Å². The molecule has 1 N–H and O–H groups in total. The minimum atomic E-state index is 0.0787. The molecule has 1 aromatic rings. The van der Waals surface area contributed by atoms with Gasteiger partial charge in [-0.05, 0) is 36.8 Å². The molecule has 0 spiro atoms. The summed E-state index contributed by atoms with van der Waals surface area (Å²) in [4.78, 5) is 29.2. The van der Waals surface area contributed by atoms with Crippen LogP contribution in [0, 0.1) is 5.41 Å². The third kappa shape index (κ3) is 5.58. The molecule has 0 unspecified atom stereocenters. The average Bonchev–Trinajstić information content (AvgIpc) is 3.52. The molecule has 6 heteroatoms. The Balaban J connectivity index is 1.13. The van der Waals surface area contributed by atoms with Crippen molar-refractivity contribution in [3.63, 3.8) is 0 Å². The number of carbonyl (C=O) groups excluding carboxylic acids is 2. The number of nitrogens with zero attached hydrogens (tertiary/aromatic N) is 2. The van der Waals surface area contributed by atoms with E-state index in [1.807, 2.05) is 11.0 Å². The maximum Gasteiger partial charge on any atom is 0.222 e. The number of hydrogen-bond acceptors (Lipinski definition) is 4. The van der Waals surface area contributed by atoms with Crippen LogP contribution in [0.15, 0.2) is 24.3 Å². The molecule has 1 aliphatic carbocycles. The maximum atomic E-state index is 12.5. The van der Waals surface area contributed by atoms with E-state index in [9.17, 15) is 9.59 Å². The largest absolute Gasteiger partial charge is 0.379 e. The highest BCUT2D eigenvalue weighted by Crippen LogP contribution is 2.45. The van der Waals surface area contributed by atoms with Gasteiger partial charge in [0.1, 0.15) is 0 Å². The van der Waals surface area contributed by atoms with Crippen LogP contribution in [0.2, 0.25) is 0 Å². The maximum absolute atomic E-state index is 12.5. The van der Waals surface area contributed by atoms with E-state index in [1.54, 1.807) is 0 Å². The van der Waals surface area contributed by atoms with E-state index in [-0.39, 0.29) is 17.2 Å². The Morgan fingerprint density at radius 3 is 2.55 bits per heavy atom. The van der Waals surface area contributed by atoms with Crippen molar-refractivity contribution in [1.82, 2.24) is 15.1 Å². The molecule has 2 heterocycles. The highest BCUT2D eigenvalue weighted by atomic mass is 16.5. The highest BCUT2D eigenvalue weighted by molar-refractivity contribution is 5.79. The van der Waals surface area contributed by atoms with Crippen molar-refractivity contribution >= 4 is 11.8 Å². The Morgan fingerprint density at radius 2 is 1.79 bits per heavy atom. The second kappa shape index (κ2) is 9.26. The van der Waals surface area contributed by atoms with Gasteiger partial charge in [-0.25, -0.2) is 0 Å². The topological polar surface area (TPSA) is 61.9 Å². The van der Waals surface area contributed by atoms with Crippen LogP contribution in [-0.4, -0.2) is 67.6 Å². The molecular formula is C23H33N3O3. The molecule has 1 aromatic carbocycles. The van der Waals surface area contributed by atoms with Gasteiger partial charge in [0.25, 0.3) is 0 Å². The summed E-state index contributed by atoms with van der Waals surface area (Å²) < 4.78 is 5.42. The van der Waals surface area contributed by atoms with Gasteiger partial charge in [0.2, 0.25) is 11.8 Å². The molecule has 4 rings (SSSR count). The number of rotatable bonds is 8. The van der Waals surface area contributed by atoms with Gasteiger partial charge in [0.15, 0.2) is 0 Å². The highest BCUT2D eigenvalue weighted by Gasteiger charge is 2.44. The SMILES string of the molecule is O=C(CCCC(=O)N1CCc2ccccc2C1)NCC1(CN2CCOCC2)CC1. The van der Waals surface area contributed by atoms with Crippen LogP contribution in [0.3, 0.4) is 0 Å². The van der Waals surface area contributed by atoms with E-state index < -0.39 is 0 Å². The molecule has 158 valence electrons. The summed E-state index contributed by atoms with van der Waals surface area (Å²) >= 11 is 0. The Hall–Kier alpha value is -1.92. The van der Waals surface area contributed by atoms with Gasteiger partial charge >= 0.3 is 0 Å². The molecule has 2 amide bonds. The zero-order chi connectivity index (χ0) is 20.1. The first kappa shape index (κ1) is 20.4. The van der Waals surface area contributed by atoms with Crippen LogP contribution in [0.4, 0.5) is 0 Å². The van der Waals surface area contributed by atoms with Crippen molar-refractivity contribution in [2.45, 2.75) is 45.1 Å². The first-order chi connectivity index (χ1) is 14.1. The molecule has 1 saturated carbocycles. The molecule has 2 aliphatic heterocycles. The summed E-state index contributed by atoms with van der Waals surface area (Å²) in [6.45, 7) is 6.94. The smallest absolute Gasteiger partial charge is 0.222 e. The zero-order valence-electron chi connectivity index (χ0n) is 17.3. The molecule has 0 radical (unpaired) electrons. The Morgan fingerprint density at radius 1 is 1.03 bits per heavy atom. The molecular weight excluding hydrogens is 366 g/mol. The van der Waals surface area contributed by atoms with Gasteiger partial charge in [-0.15, -0.1) is 0 Å². The second-order valence-electron chi connectivity index (χ2n) is 8.85. The van der Waals surface area contributed by atoms with Crippen LogP contribution in [0.25, 0.3) is 0 Å². The first-order valence-corrected chi connectivity index (χ1v) is 11.0. The summed E-state index contributed by atoms with van der Waals surface area (Å²) in [5.74, 6) is 0.244. The van der Waals surface area contributed by atoms with E-state index >= 15 is 0 Å². The van der Waals surface area contributed by atoms with Crippen LogP contribution >= 0.6 is 0 Å². The minimum absolute atomic E-state index is 0.0787. The second-order valence-corrected chi connectivity index (χ2v) is 8.85. The summed E-state index contributed by atoms with van der Waals surface area (Å²) in [5, 5.41) is 3.12. The monoisotopic (exact) mass is 399 g/mol. The number of benzene rings is 1. The lowest BCUT2D eigenvalue weighted by molar-refractivity contribution is -0.132. The van der Waals surface area contributed by atoms with Crippen molar-refractivity contribution < 1.29 is 14.3 Å². The number of ether oxygens (including phenoxy) is 1. The number of amides is 2. The third-order valence-corrected chi connectivity index (χ3v) is 6.56. The lowest BCUT2D eigenvalue weighted by Gasteiger charge is -2.30. The zero-order valence-corrected chi connectivity index (χ0v) is 17.3. The normalized spacial score (nSPS) is 20.8.